The molecule has 5 rings (SSSR count). The molecule has 0 bridgehead atoms. The lowest BCUT2D eigenvalue weighted by Gasteiger charge is -2.24. The molecule has 3 aromatic carbocycles. The van der Waals surface area contributed by atoms with Gasteiger partial charge in [-0.2, -0.15) is 0 Å². The highest BCUT2D eigenvalue weighted by Gasteiger charge is 2.28. The molecule has 1 aromatic heterocycles. The summed E-state index contributed by atoms with van der Waals surface area (Å²) in [7, 11) is -3.78. The van der Waals surface area contributed by atoms with E-state index in [4.69, 9.17) is 9.72 Å². The Morgan fingerprint density at radius 2 is 1.84 bits per heavy atom. The van der Waals surface area contributed by atoms with Crippen LogP contribution in [0.3, 0.4) is 0 Å². The summed E-state index contributed by atoms with van der Waals surface area (Å²) >= 11 is 1.47. The molecule has 1 fully saturated rings. The van der Waals surface area contributed by atoms with E-state index in [0.717, 1.165) is 28.6 Å². The van der Waals surface area contributed by atoms with Crippen molar-refractivity contribution in [3.8, 4) is 0 Å². The van der Waals surface area contributed by atoms with Crippen LogP contribution in [-0.4, -0.2) is 45.1 Å². The first-order valence-corrected chi connectivity index (χ1v) is 14.6. The maximum absolute atomic E-state index is 13.7. The average Bonchev–Trinajstić information content (AvgIpc) is 3.57. The summed E-state index contributed by atoms with van der Waals surface area (Å²) in [5.41, 5.74) is 2.97. The number of fused-ring (bicyclic) bond motifs is 1. The van der Waals surface area contributed by atoms with Crippen LogP contribution < -0.4 is 9.21 Å². The monoisotopic (exact) mass is 535 g/mol. The molecule has 0 radical (unpaired) electrons. The summed E-state index contributed by atoms with van der Waals surface area (Å²) in [6.07, 6.45) is 1.80. The van der Waals surface area contributed by atoms with E-state index in [0.29, 0.717) is 36.1 Å². The van der Waals surface area contributed by atoms with Crippen molar-refractivity contribution < 1.29 is 17.9 Å². The first-order valence-electron chi connectivity index (χ1n) is 12.4. The van der Waals surface area contributed by atoms with Gasteiger partial charge in [0.1, 0.15) is 0 Å². The third-order valence-electron chi connectivity index (χ3n) is 6.44. The van der Waals surface area contributed by atoms with Gasteiger partial charge >= 0.3 is 0 Å². The van der Waals surface area contributed by atoms with Crippen LogP contribution in [0, 0.1) is 6.92 Å². The fraction of sp³-hybridized carbons (Fsp3) is 0.286. The normalized spacial score (nSPS) is 15.7. The molecule has 0 aliphatic carbocycles. The number of carbonyl (C=O) groups excluding carboxylic acids is 1. The maximum atomic E-state index is 13.7. The Kier molecular flexibility index (Phi) is 7.28. The van der Waals surface area contributed by atoms with Gasteiger partial charge in [0.15, 0.2) is 5.13 Å². The molecule has 1 aliphatic heterocycles. The Morgan fingerprint density at radius 3 is 2.51 bits per heavy atom. The molecule has 37 heavy (non-hydrogen) atoms. The first-order chi connectivity index (χ1) is 17.9. The number of benzene rings is 3. The highest BCUT2D eigenvalue weighted by atomic mass is 32.2. The second-order valence-corrected chi connectivity index (χ2v) is 11.9. The van der Waals surface area contributed by atoms with Crippen LogP contribution in [0.2, 0.25) is 0 Å². The van der Waals surface area contributed by atoms with Gasteiger partial charge in [0.05, 0.1) is 33.4 Å². The van der Waals surface area contributed by atoms with Crippen molar-refractivity contribution in [1.29, 1.82) is 0 Å². The van der Waals surface area contributed by atoms with Gasteiger partial charge in [0, 0.05) is 18.7 Å². The molecule has 1 unspecified atom stereocenters. The van der Waals surface area contributed by atoms with Gasteiger partial charge in [-0.3, -0.25) is 14.0 Å². The van der Waals surface area contributed by atoms with Crippen LogP contribution in [0.1, 0.15) is 35.7 Å². The van der Waals surface area contributed by atoms with Gasteiger partial charge in [-0.1, -0.05) is 35.6 Å². The molecule has 4 aromatic rings. The number of amides is 1. The highest BCUT2D eigenvalue weighted by molar-refractivity contribution is 7.92. The molecular weight excluding hydrogens is 506 g/mol. The molecule has 0 saturated carbocycles. The molecule has 1 saturated heterocycles. The zero-order valence-corrected chi connectivity index (χ0v) is 22.5. The summed E-state index contributed by atoms with van der Waals surface area (Å²) in [5, 5.41) is 0.610. The van der Waals surface area contributed by atoms with Gasteiger partial charge in [-0.05, 0) is 80.8 Å². The number of sulfonamides is 1. The van der Waals surface area contributed by atoms with Gasteiger partial charge in [0.25, 0.3) is 15.9 Å². The average molecular weight is 536 g/mol. The van der Waals surface area contributed by atoms with Gasteiger partial charge < -0.3 is 4.74 Å². The molecule has 2 heterocycles. The van der Waals surface area contributed by atoms with Crippen LogP contribution in [0.15, 0.2) is 77.7 Å². The number of thiazole rings is 1. The molecule has 7 nitrogen and oxygen atoms in total. The number of rotatable bonds is 8. The number of anilines is 2. The van der Waals surface area contributed by atoms with Crippen LogP contribution in [0.25, 0.3) is 10.2 Å². The SMILES string of the molecule is CCN(c1ccccc1)S(=O)(=O)c1ccc(C(=O)N(CC2CCCO2)c2nc3ccc(C)cc3s2)cc1. The maximum Gasteiger partial charge on any atom is 0.264 e. The summed E-state index contributed by atoms with van der Waals surface area (Å²) in [6.45, 7) is 5.20. The Hall–Kier alpha value is -3.27. The van der Waals surface area contributed by atoms with Crippen molar-refractivity contribution in [2.45, 2.75) is 37.7 Å². The Bertz CT molecular complexity index is 1500. The van der Waals surface area contributed by atoms with Crippen molar-refractivity contribution in [2.75, 3.05) is 28.9 Å². The lowest BCUT2D eigenvalue weighted by atomic mass is 10.2. The van der Waals surface area contributed by atoms with Gasteiger partial charge in [-0.15, -0.1) is 0 Å². The zero-order valence-electron chi connectivity index (χ0n) is 20.8. The van der Waals surface area contributed by atoms with Crippen molar-refractivity contribution in [3.63, 3.8) is 0 Å². The van der Waals surface area contributed by atoms with Crippen LogP contribution in [0.5, 0.6) is 0 Å². The number of carbonyl (C=O) groups is 1. The van der Waals surface area contributed by atoms with E-state index in [2.05, 4.69) is 6.07 Å². The third-order valence-corrected chi connectivity index (χ3v) is 9.40. The lowest BCUT2D eigenvalue weighted by Crippen LogP contribution is -2.37. The standard InChI is InChI=1S/C28H29N3O4S2/c1-3-31(22-8-5-4-6-9-22)37(33,34)24-14-12-21(13-15-24)27(32)30(19-23-10-7-17-35-23)28-29-25-16-11-20(2)18-26(25)36-28/h4-6,8-9,11-16,18,23H,3,7,10,17,19H2,1-2H3. The number of nitrogens with zero attached hydrogens (tertiary/aromatic N) is 3. The Labute approximate surface area is 221 Å². The molecule has 0 N–H and O–H groups in total. The number of aryl methyl sites for hydroxylation is 1. The van der Waals surface area contributed by atoms with E-state index in [9.17, 15) is 13.2 Å². The smallest absolute Gasteiger partial charge is 0.264 e. The van der Waals surface area contributed by atoms with Crippen LogP contribution >= 0.6 is 11.3 Å². The lowest BCUT2D eigenvalue weighted by molar-refractivity contribution is 0.0917. The second kappa shape index (κ2) is 10.6. The summed E-state index contributed by atoms with van der Waals surface area (Å²) in [6, 6.07) is 21.2. The van der Waals surface area contributed by atoms with Crippen molar-refractivity contribution in [2.24, 2.45) is 0 Å². The summed E-state index contributed by atoms with van der Waals surface area (Å²) in [4.78, 5) is 20.3. The summed E-state index contributed by atoms with van der Waals surface area (Å²) in [5.74, 6) is -0.231. The summed E-state index contributed by atoms with van der Waals surface area (Å²) < 4.78 is 34.9. The number of hydrogen-bond donors (Lipinski definition) is 0. The minimum Gasteiger partial charge on any atom is -0.376 e. The number of para-hydroxylation sites is 1. The fourth-order valence-corrected chi connectivity index (χ4v) is 7.06. The van der Waals surface area contributed by atoms with Crippen LogP contribution in [0.4, 0.5) is 10.8 Å². The van der Waals surface area contributed by atoms with E-state index in [1.165, 1.54) is 27.8 Å². The Morgan fingerprint density at radius 1 is 1.08 bits per heavy atom. The van der Waals surface area contributed by atoms with E-state index < -0.39 is 10.0 Å². The number of ether oxygens (including phenoxy) is 1. The largest absolute Gasteiger partial charge is 0.376 e. The number of aromatic nitrogens is 1. The van der Waals surface area contributed by atoms with Crippen molar-refractivity contribution in [3.05, 3.63) is 83.9 Å². The second-order valence-electron chi connectivity index (χ2n) is 9.05. The van der Waals surface area contributed by atoms with E-state index >= 15 is 0 Å². The molecule has 1 amide bonds. The Balaban J connectivity index is 1.45. The zero-order chi connectivity index (χ0) is 26.0. The van der Waals surface area contributed by atoms with E-state index in [-0.39, 0.29) is 16.9 Å². The highest BCUT2D eigenvalue weighted by Crippen LogP contribution is 2.32. The fourth-order valence-electron chi connectivity index (χ4n) is 4.51. The molecule has 192 valence electrons. The van der Waals surface area contributed by atoms with Crippen molar-refractivity contribution in [1.82, 2.24) is 4.98 Å². The van der Waals surface area contributed by atoms with Crippen molar-refractivity contribution >= 4 is 48.3 Å². The minimum atomic E-state index is -3.78. The van der Waals surface area contributed by atoms with Gasteiger partial charge in [-0.25, -0.2) is 13.4 Å². The van der Waals surface area contributed by atoms with E-state index in [1.54, 1.807) is 48.2 Å². The number of hydrogen-bond acceptors (Lipinski definition) is 6. The van der Waals surface area contributed by atoms with Gasteiger partial charge in [0.2, 0.25) is 0 Å². The predicted octanol–water partition coefficient (Wildman–Crippen LogP) is 5.65. The first kappa shape index (κ1) is 25.4. The quantitative estimate of drug-likeness (QED) is 0.292. The third kappa shape index (κ3) is 5.25. The molecular formula is C28H29N3O4S2. The molecule has 1 aliphatic rings. The topological polar surface area (TPSA) is 79.8 Å². The molecule has 1 atom stereocenters. The van der Waals surface area contributed by atoms with E-state index in [1.807, 2.05) is 25.1 Å². The van der Waals surface area contributed by atoms with Crippen LogP contribution in [-0.2, 0) is 14.8 Å². The molecule has 0 spiro atoms. The minimum absolute atomic E-state index is 0.0543. The molecule has 9 heteroatoms. The predicted molar refractivity (Wildman–Crippen MR) is 148 cm³/mol.